The number of phenolic OH excluding ortho intramolecular Hbond substituents is 2. The van der Waals surface area contributed by atoms with Crippen LogP contribution in [0.4, 0.5) is 0 Å². The smallest absolute Gasteiger partial charge is 0.322 e. The minimum Gasteiger partial charge on any atom is -0.508 e. The average Bonchev–Trinajstić information content (AvgIpc) is 3.48. The Labute approximate surface area is 182 Å². The zero-order chi connectivity index (χ0) is 21.5. The van der Waals surface area contributed by atoms with Crippen LogP contribution in [0.15, 0.2) is 30.3 Å². The van der Waals surface area contributed by atoms with E-state index in [9.17, 15) is 10.2 Å². The molecule has 1 heterocycles. The Morgan fingerprint density at radius 3 is 2.48 bits per heavy atom. The van der Waals surface area contributed by atoms with Gasteiger partial charge in [0.1, 0.15) is 17.6 Å². The van der Waals surface area contributed by atoms with Crippen LogP contribution in [0.2, 0.25) is 0 Å². The standard InChI is InChI=1S/C25H29N3O3/c1-15(2)20-13-21(23(30)14-22(20)29)24-26-27-25(31-19-8-3-4-9-19)28(24)18-11-10-16-6-5-7-17(16)12-18/h10-15,19,29-30H,3-9H2,1-2H3. The van der Waals surface area contributed by atoms with E-state index in [-0.39, 0.29) is 23.5 Å². The molecule has 31 heavy (non-hydrogen) atoms. The van der Waals surface area contributed by atoms with E-state index in [0.717, 1.165) is 36.9 Å². The van der Waals surface area contributed by atoms with Gasteiger partial charge in [0.05, 0.1) is 11.3 Å². The summed E-state index contributed by atoms with van der Waals surface area (Å²) in [5.41, 5.74) is 4.98. The number of rotatable bonds is 5. The van der Waals surface area contributed by atoms with Crippen molar-refractivity contribution in [2.24, 2.45) is 0 Å². The fourth-order valence-corrected chi connectivity index (χ4v) is 4.84. The van der Waals surface area contributed by atoms with Crippen molar-refractivity contribution in [3.8, 4) is 34.6 Å². The SMILES string of the molecule is CC(C)c1cc(-c2nnc(OC3CCCC3)n2-c2ccc3c(c2)CCC3)c(O)cc1O. The largest absolute Gasteiger partial charge is 0.508 e. The highest BCUT2D eigenvalue weighted by Gasteiger charge is 2.26. The van der Waals surface area contributed by atoms with Crippen molar-refractivity contribution in [3.63, 3.8) is 0 Å². The molecule has 0 amide bonds. The predicted molar refractivity (Wildman–Crippen MR) is 119 cm³/mol. The first kappa shape index (κ1) is 19.9. The van der Waals surface area contributed by atoms with Crippen molar-refractivity contribution >= 4 is 0 Å². The second kappa shape index (κ2) is 7.91. The number of nitrogens with zero attached hydrogens (tertiary/aromatic N) is 3. The summed E-state index contributed by atoms with van der Waals surface area (Å²) in [6.07, 6.45) is 7.89. The highest BCUT2D eigenvalue weighted by Crippen LogP contribution is 2.40. The summed E-state index contributed by atoms with van der Waals surface area (Å²) in [5.74, 6) is 0.682. The minimum absolute atomic E-state index is 0.0240. The highest BCUT2D eigenvalue weighted by molar-refractivity contribution is 5.70. The first-order valence-electron chi connectivity index (χ1n) is 11.3. The number of fused-ring (bicyclic) bond motifs is 1. The van der Waals surface area contributed by atoms with Crippen molar-refractivity contribution < 1.29 is 14.9 Å². The van der Waals surface area contributed by atoms with Crippen LogP contribution in [0.25, 0.3) is 17.1 Å². The zero-order valence-electron chi connectivity index (χ0n) is 18.1. The molecule has 1 saturated carbocycles. The Morgan fingerprint density at radius 2 is 1.71 bits per heavy atom. The molecule has 0 unspecified atom stereocenters. The van der Waals surface area contributed by atoms with Crippen molar-refractivity contribution in [2.45, 2.75) is 70.8 Å². The number of ether oxygens (including phenoxy) is 1. The third kappa shape index (κ3) is 3.64. The lowest BCUT2D eigenvalue weighted by atomic mass is 9.98. The van der Waals surface area contributed by atoms with Crippen LogP contribution in [0.1, 0.15) is 68.6 Å². The zero-order valence-corrected chi connectivity index (χ0v) is 18.1. The Kier molecular flexibility index (Phi) is 5.08. The molecule has 1 aromatic heterocycles. The molecule has 2 N–H and O–H groups in total. The lowest BCUT2D eigenvalue weighted by Gasteiger charge is -2.17. The van der Waals surface area contributed by atoms with Gasteiger partial charge in [-0.1, -0.05) is 25.0 Å². The van der Waals surface area contributed by atoms with Gasteiger partial charge in [-0.25, -0.2) is 4.57 Å². The maximum atomic E-state index is 10.7. The van der Waals surface area contributed by atoms with Gasteiger partial charge in [0, 0.05) is 6.07 Å². The van der Waals surface area contributed by atoms with Crippen LogP contribution in [0.3, 0.4) is 0 Å². The van der Waals surface area contributed by atoms with E-state index in [0.29, 0.717) is 17.4 Å². The molecule has 2 aliphatic carbocycles. The van der Waals surface area contributed by atoms with E-state index in [2.05, 4.69) is 28.4 Å². The van der Waals surface area contributed by atoms with Gasteiger partial charge in [-0.2, -0.15) is 0 Å². The van der Waals surface area contributed by atoms with Gasteiger partial charge in [-0.15, -0.1) is 5.10 Å². The Bertz CT molecular complexity index is 1110. The van der Waals surface area contributed by atoms with E-state index in [4.69, 9.17) is 4.74 Å². The number of aromatic nitrogens is 3. The Hall–Kier alpha value is -3.02. The van der Waals surface area contributed by atoms with Crippen LogP contribution in [-0.2, 0) is 12.8 Å². The molecule has 5 rings (SSSR count). The van der Waals surface area contributed by atoms with Gasteiger partial charge in [0.25, 0.3) is 0 Å². The van der Waals surface area contributed by atoms with Gasteiger partial charge < -0.3 is 14.9 Å². The van der Waals surface area contributed by atoms with Crippen molar-refractivity contribution in [1.29, 1.82) is 0 Å². The first-order valence-corrected chi connectivity index (χ1v) is 11.3. The molecule has 0 saturated heterocycles. The molecule has 0 spiro atoms. The molecule has 2 aromatic carbocycles. The molecule has 2 aliphatic rings. The van der Waals surface area contributed by atoms with Crippen LogP contribution in [-0.4, -0.2) is 31.1 Å². The number of hydrogen-bond donors (Lipinski definition) is 2. The number of aryl methyl sites for hydroxylation is 2. The number of hydrogen-bond acceptors (Lipinski definition) is 5. The van der Waals surface area contributed by atoms with Crippen LogP contribution >= 0.6 is 0 Å². The van der Waals surface area contributed by atoms with Crippen LogP contribution in [0.5, 0.6) is 17.5 Å². The molecule has 0 atom stereocenters. The summed E-state index contributed by atoms with van der Waals surface area (Å²) in [4.78, 5) is 0. The summed E-state index contributed by atoms with van der Waals surface area (Å²) in [6, 6.07) is 10.1. The molecule has 162 valence electrons. The average molecular weight is 420 g/mol. The molecule has 6 heteroatoms. The maximum absolute atomic E-state index is 10.7. The van der Waals surface area contributed by atoms with Crippen molar-refractivity contribution in [2.75, 3.05) is 0 Å². The third-order valence-corrected chi connectivity index (χ3v) is 6.56. The molecular formula is C25H29N3O3. The van der Waals surface area contributed by atoms with Crippen molar-refractivity contribution in [3.05, 3.63) is 47.0 Å². The summed E-state index contributed by atoms with van der Waals surface area (Å²) < 4.78 is 8.19. The minimum atomic E-state index is -0.0240. The topological polar surface area (TPSA) is 80.4 Å². The van der Waals surface area contributed by atoms with E-state index in [1.54, 1.807) is 0 Å². The summed E-state index contributed by atoms with van der Waals surface area (Å²) >= 11 is 0. The van der Waals surface area contributed by atoms with Gasteiger partial charge in [-0.05, 0) is 85.8 Å². The molecule has 0 aliphatic heterocycles. The monoisotopic (exact) mass is 419 g/mol. The van der Waals surface area contributed by atoms with E-state index < -0.39 is 0 Å². The molecule has 6 nitrogen and oxygen atoms in total. The fourth-order valence-electron chi connectivity index (χ4n) is 4.84. The fraction of sp³-hybridized carbons (Fsp3) is 0.440. The van der Waals surface area contributed by atoms with Gasteiger partial charge in [0.15, 0.2) is 5.82 Å². The van der Waals surface area contributed by atoms with E-state index in [1.807, 2.05) is 24.5 Å². The van der Waals surface area contributed by atoms with Gasteiger partial charge in [0.2, 0.25) is 0 Å². The summed E-state index contributed by atoms with van der Waals surface area (Å²) in [6.45, 7) is 4.02. The van der Waals surface area contributed by atoms with E-state index in [1.165, 1.54) is 36.5 Å². The third-order valence-electron chi connectivity index (χ3n) is 6.56. The van der Waals surface area contributed by atoms with Crippen LogP contribution in [0, 0.1) is 0 Å². The highest BCUT2D eigenvalue weighted by atomic mass is 16.5. The maximum Gasteiger partial charge on any atom is 0.322 e. The Morgan fingerprint density at radius 1 is 0.935 bits per heavy atom. The normalized spacial score (nSPS) is 16.2. The molecule has 0 bridgehead atoms. The van der Waals surface area contributed by atoms with Crippen molar-refractivity contribution in [1.82, 2.24) is 14.8 Å². The number of aromatic hydroxyl groups is 2. The van der Waals surface area contributed by atoms with Gasteiger partial charge >= 0.3 is 6.01 Å². The van der Waals surface area contributed by atoms with Gasteiger partial charge in [-0.3, -0.25) is 0 Å². The number of phenols is 2. The number of benzene rings is 2. The van der Waals surface area contributed by atoms with Crippen LogP contribution < -0.4 is 4.74 Å². The second-order valence-corrected chi connectivity index (χ2v) is 9.06. The summed E-state index contributed by atoms with van der Waals surface area (Å²) in [7, 11) is 0. The predicted octanol–water partition coefficient (Wildman–Crippen LogP) is 5.28. The Balaban J connectivity index is 1.66. The summed E-state index contributed by atoms with van der Waals surface area (Å²) in [5, 5.41) is 29.8. The lowest BCUT2D eigenvalue weighted by molar-refractivity contribution is 0.188. The lowest BCUT2D eigenvalue weighted by Crippen LogP contribution is -2.14. The molecular weight excluding hydrogens is 390 g/mol. The molecule has 1 fully saturated rings. The van der Waals surface area contributed by atoms with E-state index >= 15 is 0 Å². The molecule has 0 radical (unpaired) electrons. The second-order valence-electron chi connectivity index (χ2n) is 9.06. The molecule has 3 aromatic rings. The quantitative estimate of drug-likeness (QED) is 0.588. The first-order chi connectivity index (χ1) is 15.0.